The molecule has 12 heavy (non-hydrogen) atoms. The van der Waals surface area contributed by atoms with Crippen LogP contribution in [0.1, 0.15) is 20.8 Å². The van der Waals surface area contributed by atoms with Crippen molar-refractivity contribution in [1.29, 1.82) is 5.26 Å². The molecule has 0 rings (SSSR count). The molecule has 0 aliphatic heterocycles. The van der Waals surface area contributed by atoms with E-state index >= 15 is 0 Å². The minimum absolute atomic E-state index is 0.122. The van der Waals surface area contributed by atoms with Crippen molar-refractivity contribution in [3.63, 3.8) is 0 Å². The summed E-state index contributed by atoms with van der Waals surface area (Å²) in [5, 5.41) is 8.26. The van der Waals surface area contributed by atoms with Crippen LogP contribution < -0.4 is 0 Å². The van der Waals surface area contributed by atoms with E-state index in [9.17, 15) is 0 Å². The van der Waals surface area contributed by atoms with Gasteiger partial charge in [-0.25, -0.2) is 0 Å². The fourth-order valence-electron chi connectivity index (χ4n) is 0.408. The zero-order chi connectivity index (χ0) is 9.61. The summed E-state index contributed by atoms with van der Waals surface area (Å²) in [7, 11) is 0. The standard InChI is InChI=1S/C8H13NOS2/c1-8(2,3)6-10-7(11)12-5-4-9/h5-6H2,1-3H3. The molecule has 0 aromatic heterocycles. The Balaban J connectivity index is 3.53. The van der Waals surface area contributed by atoms with Gasteiger partial charge in [0.05, 0.1) is 18.4 Å². The highest BCUT2D eigenvalue weighted by Crippen LogP contribution is 2.15. The SMILES string of the molecule is CC(C)(C)COC(=S)SCC#N. The summed E-state index contributed by atoms with van der Waals surface area (Å²) < 4.78 is 5.72. The van der Waals surface area contributed by atoms with Crippen molar-refractivity contribution in [2.24, 2.45) is 5.41 Å². The van der Waals surface area contributed by atoms with E-state index in [1.807, 2.05) is 6.07 Å². The summed E-state index contributed by atoms with van der Waals surface area (Å²) in [4.78, 5) is 0. The summed E-state index contributed by atoms with van der Waals surface area (Å²) in [6.07, 6.45) is 0. The average Bonchev–Trinajstić information content (AvgIpc) is 1.95. The third-order valence-electron chi connectivity index (χ3n) is 0.878. The number of hydrogen-bond acceptors (Lipinski definition) is 4. The highest BCUT2D eigenvalue weighted by molar-refractivity contribution is 8.22. The average molecular weight is 203 g/mol. The number of thiocarbonyl (C=S) groups is 1. The zero-order valence-electron chi connectivity index (χ0n) is 7.59. The maximum absolute atomic E-state index is 8.26. The van der Waals surface area contributed by atoms with Crippen LogP contribution >= 0.6 is 24.0 Å². The first-order valence-electron chi connectivity index (χ1n) is 3.62. The molecule has 0 aliphatic carbocycles. The number of nitrogens with zero attached hydrogens (tertiary/aromatic N) is 1. The Morgan fingerprint density at radius 3 is 2.58 bits per heavy atom. The van der Waals surface area contributed by atoms with Crippen LogP contribution in [0, 0.1) is 16.7 Å². The first kappa shape index (κ1) is 11.7. The van der Waals surface area contributed by atoms with Crippen molar-refractivity contribution in [1.82, 2.24) is 0 Å². The van der Waals surface area contributed by atoms with E-state index in [0.29, 0.717) is 16.7 Å². The van der Waals surface area contributed by atoms with Crippen LogP contribution in [0.25, 0.3) is 0 Å². The summed E-state index contributed by atoms with van der Waals surface area (Å²) >= 11 is 6.14. The lowest BCUT2D eigenvalue weighted by Crippen LogP contribution is -2.16. The Hall–Kier alpha value is -0.270. The van der Waals surface area contributed by atoms with Gasteiger partial charge in [-0.1, -0.05) is 32.5 Å². The van der Waals surface area contributed by atoms with E-state index < -0.39 is 0 Å². The highest BCUT2D eigenvalue weighted by atomic mass is 32.2. The molecule has 0 saturated carbocycles. The van der Waals surface area contributed by atoms with Gasteiger partial charge in [-0.15, -0.1) is 0 Å². The lowest BCUT2D eigenvalue weighted by molar-refractivity contribution is 0.197. The zero-order valence-corrected chi connectivity index (χ0v) is 9.22. The molecule has 0 spiro atoms. The number of ether oxygens (including phenoxy) is 1. The molecule has 0 atom stereocenters. The number of hydrogen-bond donors (Lipinski definition) is 0. The molecule has 68 valence electrons. The Morgan fingerprint density at radius 1 is 1.58 bits per heavy atom. The third kappa shape index (κ3) is 7.83. The van der Waals surface area contributed by atoms with Crippen LogP contribution in [0.3, 0.4) is 0 Å². The van der Waals surface area contributed by atoms with Gasteiger partial charge < -0.3 is 4.74 Å². The Morgan fingerprint density at radius 2 is 2.17 bits per heavy atom. The molecule has 0 radical (unpaired) electrons. The largest absolute Gasteiger partial charge is 0.478 e. The first-order valence-corrected chi connectivity index (χ1v) is 5.01. The predicted octanol–water partition coefficient (Wildman–Crippen LogP) is 2.59. The third-order valence-corrected chi connectivity index (χ3v) is 1.98. The van der Waals surface area contributed by atoms with Crippen molar-refractivity contribution in [3.05, 3.63) is 0 Å². The van der Waals surface area contributed by atoms with Crippen molar-refractivity contribution in [3.8, 4) is 6.07 Å². The normalized spacial score (nSPS) is 10.5. The van der Waals surface area contributed by atoms with E-state index in [0.717, 1.165) is 0 Å². The van der Waals surface area contributed by atoms with Gasteiger partial charge in [-0.05, 0) is 17.6 Å². The van der Waals surface area contributed by atoms with Crippen LogP contribution in [-0.2, 0) is 4.74 Å². The quantitative estimate of drug-likeness (QED) is 0.646. The van der Waals surface area contributed by atoms with Gasteiger partial charge in [0.1, 0.15) is 0 Å². The van der Waals surface area contributed by atoms with E-state index in [1.54, 1.807) is 0 Å². The monoisotopic (exact) mass is 203 g/mol. The molecule has 0 heterocycles. The van der Waals surface area contributed by atoms with Crippen LogP contribution in [-0.4, -0.2) is 16.7 Å². The fourth-order valence-corrected chi connectivity index (χ4v) is 0.969. The molecular weight excluding hydrogens is 190 g/mol. The van der Waals surface area contributed by atoms with Gasteiger partial charge in [0.25, 0.3) is 0 Å². The highest BCUT2D eigenvalue weighted by Gasteiger charge is 2.11. The van der Waals surface area contributed by atoms with Crippen LogP contribution in [0.4, 0.5) is 0 Å². The lowest BCUT2D eigenvalue weighted by atomic mass is 9.99. The number of nitriles is 1. The minimum atomic E-state index is 0.122. The van der Waals surface area contributed by atoms with Gasteiger partial charge in [-0.2, -0.15) is 5.26 Å². The second-order valence-corrected chi connectivity index (χ2v) is 5.12. The van der Waals surface area contributed by atoms with E-state index in [1.165, 1.54) is 11.8 Å². The fraction of sp³-hybridized carbons (Fsp3) is 0.750. The molecule has 0 aromatic carbocycles. The molecule has 0 saturated heterocycles. The Labute approximate surface area is 83.3 Å². The molecule has 0 fully saturated rings. The number of rotatable bonds is 2. The van der Waals surface area contributed by atoms with Gasteiger partial charge >= 0.3 is 0 Å². The van der Waals surface area contributed by atoms with Crippen molar-refractivity contribution in [2.45, 2.75) is 20.8 Å². The molecular formula is C8H13NOS2. The van der Waals surface area contributed by atoms with E-state index in [-0.39, 0.29) is 5.41 Å². The summed E-state index contributed by atoms with van der Waals surface area (Å²) in [5.41, 5.74) is 0.122. The second-order valence-electron chi connectivity index (χ2n) is 3.55. The van der Waals surface area contributed by atoms with E-state index in [2.05, 4.69) is 20.8 Å². The van der Waals surface area contributed by atoms with Gasteiger partial charge in [0.2, 0.25) is 4.38 Å². The van der Waals surface area contributed by atoms with Crippen molar-refractivity contribution in [2.75, 3.05) is 12.4 Å². The van der Waals surface area contributed by atoms with Crippen molar-refractivity contribution >= 4 is 28.4 Å². The molecule has 0 aromatic rings. The smallest absolute Gasteiger partial charge is 0.220 e. The second kappa shape index (κ2) is 5.39. The molecule has 0 bridgehead atoms. The summed E-state index contributed by atoms with van der Waals surface area (Å²) in [5.74, 6) is 0.364. The maximum Gasteiger partial charge on any atom is 0.220 e. The molecule has 0 N–H and O–H groups in total. The topological polar surface area (TPSA) is 33.0 Å². The van der Waals surface area contributed by atoms with Gasteiger partial charge in [0, 0.05) is 0 Å². The molecule has 0 unspecified atom stereocenters. The minimum Gasteiger partial charge on any atom is -0.478 e. The van der Waals surface area contributed by atoms with Gasteiger partial charge in [-0.3, -0.25) is 0 Å². The van der Waals surface area contributed by atoms with Gasteiger partial charge in [0.15, 0.2) is 0 Å². The number of thioether (sulfide) groups is 1. The van der Waals surface area contributed by atoms with Crippen molar-refractivity contribution < 1.29 is 4.74 Å². The first-order chi connectivity index (χ1) is 5.45. The predicted molar refractivity (Wildman–Crippen MR) is 56.1 cm³/mol. The van der Waals surface area contributed by atoms with Crippen LogP contribution in [0.2, 0.25) is 0 Å². The molecule has 2 nitrogen and oxygen atoms in total. The van der Waals surface area contributed by atoms with Crippen LogP contribution in [0.5, 0.6) is 0 Å². The lowest BCUT2D eigenvalue weighted by Gasteiger charge is -2.18. The Kier molecular flexibility index (Phi) is 5.27. The molecule has 0 amide bonds. The van der Waals surface area contributed by atoms with Crippen LogP contribution in [0.15, 0.2) is 0 Å². The molecule has 4 heteroatoms. The van der Waals surface area contributed by atoms with E-state index in [4.69, 9.17) is 22.2 Å². The summed E-state index contributed by atoms with van der Waals surface area (Å²) in [6.45, 7) is 6.82. The summed E-state index contributed by atoms with van der Waals surface area (Å²) in [6, 6.07) is 1.99. The maximum atomic E-state index is 8.26. The Bertz CT molecular complexity index is 190. The molecule has 0 aliphatic rings.